The number of hydrogen-bond donors (Lipinski definition) is 1. The van der Waals surface area contributed by atoms with Crippen LogP contribution in [-0.2, 0) is 9.84 Å². The van der Waals surface area contributed by atoms with Gasteiger partial charge < -0.3 is 0 Å². The van der Waals surface area contributed by atoms with Crippen molar-refractivity contribution in [1.82, 2.24) is 15.4 Å². The molecule has 0 aliphatic heterocycles. The van der Waals surface area contributed by atoms with E-state index in [1.165, 1.54) is 6.26 Å². The zero-order chi connectivity index (χ0) is 16.4. The number of H-pyrrole nitrogens is 1. The van der Waals surface area contributed by atoms with E-state index in [2.05, 4.69) is 15.4 Å². The normalized spacial score (nSPS) is 11.1. The molecular formula is C16H12N4O2S. The Kier molecular flexibility index (Phi) is 3.68. The predicted molar refractivity (Wildman–Crippen MR) is 85.1 cm³/mol. The van der Waals surface area contributed by atoms with Gasteiger partial charge in [-0.2, -0.15) is 5.26 Å². The molecule has 0 unspecified atom stereocenters. The lowest BCUT2D eigenvalue weighted by Crippen LogP contribution is -1.96. The van der Waals surface area contributed by atoms with Gasteiger partial charge in [-0.15, -0.1) is 5.10 Å². The van der Waals surface area contributed by atoms with Crippen LogP contribution in [0.5, 0.6) is 0 Å². The summed E-state index contributed by atoms with van der Waals surface area (Å²) >= 11 is 0. The molecule has 0 bridgehead atoms. The van der Waals surface area contributed by atoms with Crippen LogP contribution in [0.15, 0.2) is 53.4 Å². The smallest absolute Gasteiger partial charge is 0.175 e. The van der Waals surface area contributed by atoms with Gasteiger partial charge in [0.15, 0.2) is 15.5 Å². The molecular weight excluding hydrogens is 312 g/mol. The highest BCUT2D eigenvalue weighted by atomic mass is 32.2. The second-order valence-corrected chi connectivity index (χ2v) is 7.04. The molecule has 23 heavy (non-hydrogen) atoms. The Balaban J connectivity index is 1.92. The third-order valence-electron chi connectivity index (χ3n) is 3.43. The first kappa shape index (κ1) is 14.9. The van der Waals surface area contributed by atoms with E-state index in [0.717, 1.165) is 16.7 Å². The summed E-state index contributed by atoms with van der Waals surface area (Å²) in [6, 6.07) is 16.2. The van der Waals surface area contributed by atoms with Crippen LogP contribution in [0.3, 0.4) is 0 Å². The average Bonchev–Trinajstić information content (AvgIpc) is 3.03. The van der Waals surface area contributed by atoms with Gasteiger partial charge in [-0.1, -0.05) is 41.6 Å². The van der Waals surface area contributed by atoms with Crippen LogP contribution in [0, 0.1) is 11.3 Å². The molecule has 0 saturated heterocycles. The van der Waals surface area contributed by atoms with Crippen LogP contribution in [0.2, 0.25) is 0 Å². The first-order chi connectivity index (χ1) is 11.0. The van der Waals surface area contributed by atoms with E-state index in [1.807, 2.05) is 30.3 Å². The van der Waals surface area contributed by atoms with E-state index >= 15 is 0 Å². The third kappa shape index (κ3) is 2.98. The average molecular weight is 324 g/mol. The zero-order valence-electron chi connectivity index (χ0n) is 12.2. The molecule has 0 saturated carbocycles. The maximum atomic E-state index is 11.5. The monoisotopic (exact) mass is 324 g/mol. The van der Waals surface area contributed by atoms with Crippen molar-refractivity contribution in [2.24, 2.45) is 0 Å². The van der Waals surface area contributed by atoms with Crippen LogP contribution >= 0.6 is 0 Å². The van der Waals surface area contributed by atoms with Crippen molar-refractivity contribution in [1.29, 1.82) is 5.26 Å². The van der Waals surface area contributed by atoms with Crippen LogP contribution in [-0.4, -0.2) is 30.1 Å². The van der Waals surface area contributed by atoms with E-state index < -0.39 is 9.84 Å². The van der Waals surface area contributed by atoms with Crippen molar-refractivity contribution in [3.63, 3.8) is 0 Å². The number of aromatic nitrogens is 3. The topological polar surface area (TPSA) is 99.5 Å². The van der Waals surface area contributed by atoms with Crippen molar-refractivity contribution in [3.8, 4) is 28.5 Å². The van der Waals surface area contributed by atoms with Crippen LogP contribution < -0.4 is 0 Å². The van der Waals surface area contributed by atoms with Crippen molar-refractivity contribution < 1.29 is 8.42 Å². The number of nitrogens with one attached hydrogen (secondary N) is 1. The van der Waals surface area contributed by atoms with Gasteiger partial charge in [0.25, 0.3) is 0 Å². The Labute approximate surface area is 133 Å². The Morgan fingerprint density at radius 1 is 0.957 bits per heavy atom. The summed E-state index contributed by atoms with van der Waals surface area (Å²) in [6.45, 7) is 0. The molecule has 114 valence electrons. The minimum Gasteiger partial charge on any atom is -0.247 e. The Morgan fingerprint density at radius 3 is 2.00 bits per heavy atom. The van der Waals surface area contributed by atoms with Gasteiger partial charge in [0.1, 0.15) is 11.8 Å². The standard InChI is InChI=1S/C16H12N4O2S/c1-23(21,22)14-8-6-12(7-9-14)11-2-4-13(5-3-11)16-15(10-17)18-20-19-16/h2-9H,1H3,(H,18,19,20). The molecule has 0 spiro atoms. The van der Waals surface area contributed by atoms with Crippen LogP contribution in [0.25, 0.3) is 22.4 Å². The molecule has 1 heterocycles. The maximum Gasteiger partial charge on any atom is 0.175 e. The molecule has 7 heteroatoms. The fourth-order valence-electron chi connectivity index (χ4n) is 2.22. The number of sulfone groups is 1. The van der Waals surface area contributed by atoms with Gasteiger partial charge in [0, 0.05) is 11.8 Å². The van der Waals surface area contributed by atoms with Crippen molar-refractivity contribution in [3.05, 3.63) is 54.2 Å². The summed E-state index contributed by atoms with van der Waals surface area (Å²) in [5, 5.41) is 19.1. The summed E-state index contributed by atoms with van der Waals surface area (Å²) < 4.78 is 22.9. The fourth-order valence-corrected chi connectivity index (χ4v) is 2.85. The minimum absolute atomic E-state index is 0.291. The molecule has 6 nitrogen and oxygen atoms in total. The Hall–Kier alpha value is -2.98. The number of nitrogens with zero attached hydrogens (tertiary/aromatic N) is 3. The van der Waals surface area contributed by atoms with E-state index in [9.17, 15) is 8.42 Å². The van der Waals surface area contributed by atoms with Crippen molar-refractivity contribution in [2.45, 2.75) is 4.90 Å². The molecule has 0 aliphatic carbocycles. The Bertz CT molecular complexity index is 982. The second-order valence-electron chi connectivity index (χ2n) is 5.02. The zero-order valence-corrected chi connectivity index (χ0v) is 13.0. The lowest BCUT2D eigenvalue weighted by molar-refractivity contribution is 0.602. The van der Waals surface area contributed by atoms with Gasteiger partial charge in [-0.25, -0.2) is 13.5 Å². The first-order valence-electron chi connectivity index (χ1n) is 6.71. The number of hydrogen-bond acceptors (Lipinski definition) is 5. The second kappa shape index (κ2) is 5.66. The Morgan fingerprint density at radius 2 is 1.48 bits per heavy atom. The summed E-state index contributed by atoms with van der Waals surface area (Å²) in [6.07, 6.45) is 1.18. The highest BCUT2D eigenvalue weighted by Gasteiger charge is 2.10. The first-order valence-corrected chi connectivity index (χ1v) is 8.60. The third-order valence-corrected chi connectivity index (χ3v) is 4.56. The number of aromatic amines is 1. The fraction of sp³-hybridized carbons (Fsp3) is 0.0625. The molecule has 1 aromatic heterocycles. The highest BCUT2D eigenvalue weighted by molar-refractivity contribution is 7.90. The number of nitriles is 1. The molecule has 2 aromatic carbocycles. The van der Waals surface area contributed by atoms with E-state index in [1.54, 1.807) is 24.3 Å². The van der Waals surface area contributed by atoms with Gasteiger partial charge in [-0.05, 0) is 23.3 Å². The molecule has 1 N–H and O–H groups in total. The van der Waals surface area contributed by atoms with Gasteiger partial charge >= 0.3 is 0 Å². The highest BCUT2D eigenvalue weighted by Crippen LogP contribution is 2.25. The number of benzene rings is 2. The quantitative estimate of drug-likeness (QED) is 0.797. The minimum atomic E-state index is -3.20. The van der Waals surface area contributed by atoms with Gasteiger partial charge in [0.05, 0.1) is 4.90 Å². The molecule has 3 rings (SSSR count). The largest absolute Gasteiger partial charge is 0.247 e. The molecule has 0 aliphatic rings. The summed E-state index contributed by atoms with van der Waals surface area (Å²) in [7, 11) is -3.20. The van der Waals surface area contributed by atoms with E-state index in [-0.39, 0.29) is 0 Å². The van der Waals surface area contributed by atoms with E-state index in [4.69, 9.17) is 5.26 Å². The maximum absolute atomic E-state index is 11.5. The van der Waals surface area contributed by atoms with Gasteiger partial charge in [0.2, 0.25) is 0 Å². The predicted octanol–water partition coefficient (Wildman–Crippen LogP) is 2.41. The van der Waals surface area contributed by atoms with Crippen molar-refractivity contribution >= 4 is 9.84 Å². The number of rotatable bonds is 3. The molecule has 3 aromatic rings. The van der Waals surface area contributed by atoms with Crippen LogP contribution in [0.1, 0.15) is 5.69 Å². The molecule has 0 radical (unpaired) electrons. The lowest BCUT2D eigenvalue weighted by atomic mass is 10.0. The lowest BCUT2D eigenvalue weighted by Gasteiger charge is -2.04. The molecule has 0 amide bonds. The van der Waals surface area contributed by atoms with E-state index in [0.29, 0.717) is 16.3 Å². The van der Waals surface area contributed by atoms with Crippen molar-refractivity contribution in [2.75, 3.05) is 6.26 Å². The molecule has 0 fully saturated rings. The summed E-state index contributed by atoms with van der Waals surface area (Å²) in [4.78, 5) is 0.291. The SMILES string of the molecule is CS(=O)(=O)c1ccc(-c2ccc(-c3nn[nH]c3C#N)cc2)cc1. The van der Waals surface area contributed by atoms with Crippen LogP contribution in [0.4, 0.5) is 0 Å². The van der Waals surface area contributed by atoms with Gasteiger partial charge in [-0.3, -0.25) is 0 Å². The molecule has 0 atom stereocenters. The summed E-state index contributed by atoms with van der Waals surface area (Å²) in [5.74, 6) is 0. The summed E-state index contributed by atoms with van der Waals surface area (Å²) in [5.41, 5.74) is 3.45.